The number of hydrogen-bond acceptors (Lipinski definition) is 3. The van der Waals surface area contributed by atoms with Crippen molar-refractivity contribution < 1.29 is 13.2 Å². The van der Waals surface area contributed by atoms with Crippen LogP contribution in [0.5, 0.6) is 0 Å². The monoisotopic (exact) mass is 260 g/mol. The van der Waals surface area contributed by atoms with Gasteiger partial charge in [-0.25, -0.2) is 0 Å². The predicted octanol–water partition coefficient (Wildman–Crippen LogP) is 3.61. The van der Waals surface area contributed by atoms with Gasteiger partial charge in [-0.2, -0.15) is 13.2 Å². The van der Waals surface area contributed by atoms with Crippen molar-refractivity contribution >= 4 is 22.6 Å². The highest BCUT2D eigenvalue weighted by Crippen LogP contribution is 2.31. The summed E-state index contributed by atoms with van der Waals surface area (Å²) in [6.45, 7) is 2.72. The molecule has 2 rings (SSSR count). The molecular weight excluding hydrogens is 249 g/mol. The van der Waals surface area contributed by atoms with E-state index in [4.69, 9.17) is 0 Å². The molecular formula is C11H11F3N2S. The molecule has 1 aromatic rings. The Kier molecular flexibility index (Phi) is 3.33. The summed E-state index contributed by atoms with van der Waals surface area (Å²) in [7, 11) is 0. The number of thioether (sulfide) groups is 1. The second-order valence-electron chi connectivity index (χ2n) is 3.78. The molecule has 0 fully saturated rings. The predicted molar refractivity (Wildman–Crippen MR) is 64.4 cm³/mol. The van der Waals surface area contributed by atoms with E-state index < -0.39 is 11.7 Å². The maximum absolute atomic E-state index is 12.5. The molecule has 0 unspecified atom stereocenters. The summed E-state index contributed by atoms with van der Waals surface area (Å²) in [5.41, 5.74) is -0.237. The molecule has 2 nitrogen and oxygen atoms in total. The lowest BCUT2D eigenvalue weighted by molar-refractivity contribution is -0.137. The summed E-state index contributed by atoms with van der Waals surface area (Å²) < 4.78 is 37.4. The van der Waals surface area contributed by atoms with E-state index in [-0.39, 0.29) is 0 Å². The third-order valence-electron chi connectivity index (χ3n) is 2.25. The Morgan fingerprint density at radius 3 is 2.76 bits per heavy atom. The Hall–Kier alpha value is -1.17. The van der Waals surface area contributed by atoms with Crippen LogP contribution in [0, 0.1) is 0 Å². The average molecular weight is 260 g/mol. The second-order valence-corrected chi connectivity index (χ2v) is 5.21. The third kappa shape index (κ3) is 3.15. The summed E-state index contributed by atoms with van der Waals surface area (Å²) in [5, 5.41) is 3.95. The number of halogens is 3. The minimum atomic E-state index is -4.31. The first kappa shape index (κ1) is 12.3. The zero-order valence-electron chi connectivity index (χ0n) is 9.08. The number of aliphatic imine (C=N–C) groups is 1. The molecule has 0 saturated carbocycles. The van der Waals surface area contributed by atoms with Crippen molar-refractivity contribution in [3.05, 3.63) is 29.8 Å². The molecule has 92 valence electrons. The molecule has 1 N–H and O–H groups in total. The van der Waals surface area contributed by atoms with Gasteiger partial charge in [0.2, 0.25) is 0 Å². The van der Waals surface area contributed by atoms with Crippen LogP contribution in [0.2, 0.25) is 0 Å². The molecule has 0 amide bonds. The first-order valence-corrected chi connectivity index (χ1v) is 5.98. The van der Waals surface area contributed by atoms with Gasteiger partial charge in [0, 0.05) is 10.9 Å². The molecule has 1 atom stereocenters. The summed E-state index contributed by atoms with van der Waals surface area (Å²) in [6, 6.07) is 5.12. The lowest BCUT2D eigenvalue weighted by atomic mass is 10.2. The Bertz CT molecular complexity index is 443. The zero-order valence-corrected chi connectivity index (χ0v) is 9.90. The van der Waals surface area contributed by atoms with E-state index in [0.29, 0.717) is 22.6 Å². The molecule has 0 radical (unpaired) electrons. The van der Waals surface area contributed by atoms with Crippen LogP contribution in [0.15, 0.2) is 29.3 Å². The van der Waals surface area contributed by atoms with Gasteiger partial charge in [0.1, 0.15) is 0 Å². The first-order valence-electron chi connectivity index (χ1n) is 5.10. The van der Waals surface area contributed by atoms with Crippen molar-refractivity contribution in [3.8, 4) is 0 Å². The molecule has 1 aromatic carbocycles. The van der Waals surface area contributed by atoms with E-state index in [2.05, 4.69) is 10.3 Å². The number of anilines is 1. The molecule has 0 saturated heterocycles. The summed E-state index contributed by atoms with van der Waals surface area (Å²) >= 11 is 1.53. The van der Waals surface area contributed by atoms with E-state index in [1.807, 2.05) is 6.92 Å². The molecule has 6 heteroatoms. The number of alkyl halides is 3. The molecule has 1 aliphatic heterocycles. The van der Waals surface area contributed by atoms with Gasteiger partial charge in [0.25, 0.3) is 0 Å². The molecule has 0 bridgehead atoms. The minimum absolute atomic E-state index is 0.378. The van der Waals surface area contributed by atoms with Gasteiger partial charge in [0.15, 0.2) is 5.17 Å². The maximum atomic E-state index is 12.5. The van der Waals surface area contributed by atoms with E-state index >= 15 is 0 Å². The van der Waals surface area contributed by atoms with Gasteiger partial charge in [-0.05, 0) is 18.2 Å². The lowest BCUT2D eigenvalue weighted by Gasteiger charge is -2.10. The quantitative estimate of drug-likeness (QED) is 0.834. The molecule has 0 aliphatic carbocycles. The lowest BCUT2D eigenvalue weighted by Crippen LogP contribution is -2.09. The van der Waals surface area contributed by atoms with E-state index in [1.54, 1.807) is 6.07 Å². The second kappa shape index (κ2) is 4.60. The minimum Gasteiger partial charge on any atom is -0.335 e. The number of nitrogens with zero attached hydrogens (tertiary/aromatic N) is 1. The molecule has 1 aliphatic rings. The maximum Gasteiger partial charge on any atom is 0.416 e. The Balaban J connectivity index is 2.12. The number of hydrogen-bond donors (Lipinski definition) is 1. The Morgan fingerprint density at radius 1 is 1.41 bits per heavy atom. The van der Waals surface area contributed by atoms with Crippen LogP contribution in [0.1, 0.15) is 12.5 Å². The standard InChI is InChI=1S/C11H11F3N2S/c1-7-6-15-10(17-7)16-9-4-2-3-8(5-9)11(12,13)14/h2-5,7H,6H2,1H3,(H,15,16)/t7-/m0/s1. The Morgan fingerprint density at radius 2 is 2.18 bits per heavy atom. The topological polar surface area (TPSA) is 24.4 Å². The number of nitrogens with one attached hydrogen (secondary N) is 1. The van der Waals surface area contributed by atoms with Crippen molar-refractivity contribution in [1.82, 2.24) is 0 Å². The van der Waals surface area contributed by atoms with E-state index in [1.165, 1.54) is 17.8 Å². The summed E-state index contributed by atoms with van der Waals surface area (Å²) in [6.07, 6.45) is -4.31. The smallest absolute Gasteiger partial charge is 0.335 e. The van der Waals surface area contributed by atoms with Gasteiger partial charge in [-0.15, -0.1) is 0 Å². The van der Waals surface area contributed by atoms with Crippen molar-refractivity contribution in [2.75, 3.05) is 11.9 Å². The van der Waals surface area contributed by atoms with Crippen molar-refractivity contribution in [2.45, 2.75) is 18.3 Å². The van der Waals surface area contributed by atoms with E-state index in [9.17, 15) is 13.2 Å². The van der Waals surface area contributed by atoms with E-state index in [0.717, 1.165) is 12.1 Å². The van der Waals surface area contributed by atoms with Crippen molar-refractivity contribution in [2.24, 2.45) is 4.99 Å². The Labute approximate surface area is 101 Å². The fourth-order valence-corrected chi connectivity index (χ4v) is 2.30. The van der Waals surface area contributed by atoms with Crippen LogP contribution >= 0.6 is 11.8 Å². The highest BCUT2D eigenvalue weighted by Gasteiger charge is 2.30. The SMILES string of the molecule is C[C@H]1CN=C(Nc2cccc(C(F)(F)F)c2)S1. The number of amidine groups is 1. The largest absolute Gasteiger partial charge is 0.416 e. The average Bonchev–Trinajstić information content (AvgIpc) is 2.63. The van der Waals surface area contributed by atoms with Gasteiger partial charge >= 0.3 is 6.18 Å². The highest BCUT2D eigenvalue weighted by atomic mass is 32.2. The normalized spacial score (nSPS) is 20.2. The van der Waals surface area contributed by atoms with Gasteiger partial charge in [-0.3, -0.25) is 4.99 Å². The highest BCUT2D eigenvalue weighted by molar-refractivity contribution is 8.15. The summed E-state index contributed by atoms with van der Waals surface area (Å²) in [4.78, 5) is 4.19. The van der Waals surface area contributed by atoms with Crippen LogP contribution < -0.4 is 5.32 Å². The van der Waals surface area contributed by atoms with Crippen LogP contribution in [-0.2, 0) is 6.18 Å². The van der Waals surface area contributed by atoms with Crippen LogP contribution in [-0.4, -0.2) is 17.0 Å². The molecule has 1 heterocycles. The zero-order chi connectivity index (χ0) is 12.5. The third-order valence-corrected chi connectivity index (χ3v) is 3.25. The molecule has 0 spiro atoms. The molecule has 17 heavy (non-hydrogen) atoms. The van der Waals surface area contributed by atoms with Gasteiger partial charge < -0.3 is 5.32 Å². The first-order chi connectivity index (χ1) is 7.95. The van der Waals surface area contributed by atoms with Gasteiger partial charge in [-0.1, -0.05) is 24.8 Å². The van der Waals surface area contributed by atoms with Crippen LogP contribution in [0.4, 0.5) is 18.9 Å². The number of rotatable bonds is 1. The summed E-state index contributed by atoms with van der Waals surface area (Å²) in [5.74, 6) is 0. The number of benzene rings is 1. The molecule has 0 aromatic heterocycles. The van der Waals surface area contributed by atoms with Crippen LogP contribution in [0.3, 0.4) is 0 Å². The fourth-order valence-electron chi connectivity index (χ4n) is 1.44. The fraction of sp³-hybridized carbons (Fsp3) is 0.364. The van der Waals surface area contributed by atoms with Crippen molar-refractivity contribution in [1.29, 1.82) is 0 Å². The van der Waals surface area contributed by atoms with Gasteiger partial charge in [0.05, 0.1) is 12.1 Å². The van der Waals surface area contributed by atoms with Crippen LogP contribution in [0.25, 0.3) is 0 Å². The van der Waals surface area contributed by atoms with Crippen molar-refractivity contribution in [3.63, 3.8) is 0 Å².